The molecule has 1 aromatic carbocycles. The van der Waals surface area contributed by atoms with E-state index in [0.717, 1.165) is 13.8 Å². The van der Waals surface area contributed by atoms with E-state index in [0.29, 0.717) is 25.7 Å². The Balaban J connectivity index is 1.32. The monoisotopic (exact) mass is 979 g/mol. The second-order valence-corrected chi connectivity index (χ2v) is 16.5. The van der Waals surface area contributed by atoms with Gasteiger partial charge < -0.3 is 94.9 Å². The lowest BCUT2D eigenvalue weighted by Gasteiger charge is -2.48. The highest BCUT2D eigenvalue weighted by Gasteiger charge is 2.57. The number of hydrogen-bond acceptors (Lipinski definition) is 23. The van der Waals surface area contributed by atoms with Gasteiger partial charge in [0.15, 0.2) is 12.6 Å². The number of amides is 2. The number of ether oxygens (including phenoxy) is 7. The number of aliphatic hydroxyl groups excluding tert-OH is 9. The second-order valence-electron chi connectivity index (χ2n) is 16.5. The number of ketones is 1. The zero-order valence-corrected chi connectivity index (χ0v) is 37.1. The van der Waals surface area contributed by atoms with Gasteiger partial charge in [-0.05, 0) is 37.8 Å². The van der Waals surface area contributed by atoms with Gasteiger partial charge in [-0.3, -0.25) is 29.3 Å². The minimum absolute atomic E-state index is 0.0205. The summed E-state index contributed by atoms with van der Waals surface area (Å²) in [5.41, 5.74) is -0.154. The van der Waals surface area contributed by atoms with Crippen LogP contribution in [0.15, 0.2) is 24.3 Å². The molecule has 0 bridgehead atoms. The van der Waals surface area contributed by atoms with Gasteiger partial charge >= 0.3 is 11.9 Å². The molecule has 4 rings (SSSR count). The molecule has 1 aromatic rings. The summed E-state index contributed by atoms with van der Waals surface area (Å²) >= 11 is 0. The number of esters is 1. The van der Waals surface area contributed by atoms with Crippen molar-refractivity contribution < 1.29 is 113 Å². The molecule has 0 saturated carbocycles. The fraction of sp³-hybridized carbons (Fsp3) is 0.732. The number of carboxylic acids is 1. The predicted molar refractivity (Wildman–Crippen MR) is 221 cm³/mol. The fourth-order valence-electron chi connectivity index (χ4n) is 7.74. The Bertz CT molecular complexity index is 1840. The third-order valence-electron chi connectivity index (χ3n) is 11.3. The largest absolute Gasteiger partial charge is 0.477 e. The lowest BCUT2D eigenvalue weighted by atomic mass is 9.88. The van der Waals surface area contributed by atoms with E-state index in [1.807, 2.05) is 0 Å². The van der Waals surface area contributed by atoms with E-state index in [4.69, 9.17) is 33.2 Å². The van der Waals surface area contributed by atoms with Gasteiger partial charge in [0.1, 0.15) is 78.6 Å². The van der Waals surface area contributed by atoms with Crippen molar-refractivity contribution in [2.75, 3.05) is 26.4 Å². The van der Waals surface area contributed by atoms with Crippen LogP contribution in [0.2, 0.25) is 0 Å². The molecule has 0 aromatic heterocycles. The molecule has 7 unspecified atom stereocenters. The normalized spacial score (nSPS) is 32.6. The molecule has 27 heteroatoms. The van der Waals surface area contributed by atoms with Crippen LogP contribution in [0.3, 0.4) is 0 Å². The Morgan fingerprint density at radius 3 is 2.01 bits per heavy atom. The van der Waals surface area contributed by atoms with Crippen LogP contribution >= 0.6 is 0 Å². The van der Waals surface area contributed by atoms with Crippen molar-refractivity contribution in [3.63, 3.8) is 0 Å². The highest BCUT2D eigenvalue weighted by atomic mass is 16.8. The first-order valence-corrected chi connectivity index (χ1v) is 21.7. The van der Waals surface area contributed by atoms with Gasteiger partial charge in [-0.25, -0.2) is 4.79 Å². The molecule has 0 radical (unpaired) electrons. The Morgan fingerprint density at radius 1 is 0.824 bits per heavy atom. The Hall–Kier alpha value is -4.43. The van der Waals surface area contributed by atoms with E-state index >= 15 is 0 Å². The molecule has 27 nitrogen and oxygen atoms in total. The number of carboxylic acid groups (broad SMARTS) is 1. The first kappa shape index (κ1) is 56.2. The number of unbranched alkanes of at least 4 members (excludes halogenated alkanes) is 2. The van der Waals surface area contributed by atoms with Crippen LogP contribution in [-0.2, 0) is 52.4 Å². The third-order valence-corrected chi connectivity index (χ3v) is 11.3. The van der Waals surface area contributed by atoms with Crippen LogP contribution in [0.25, 0.3) is 0 Å². The molecule has 0 spiro atoms. The molecule has 0 aliphatic carbocycles. The number of nitrogens with zero attached hydrogens (tertiary/aromatic N) is 1. The summed E-state index contributed by atoms with van der Waals surface area (Å²) in [5, 5.41) is 121. The number of nitrogens with one attached hydrogen (secondary N) is 2. The average molecular weight is 980 g/mol. The van der Waals surface area contributed by atoms with Crippen molar-refractivity contribution in [2.24, 2.45) is 0 Å². The molecule has 68 heavy (non-hydrogen) atoms. The number of benzene rings is 1. The standard InChI is InChI=1S/C41H61N3O24/c1-19(47)42-29-24(50)15-41(40(58)59,68-37(29)31(53)25(51)16-45)63-18-27-32(54)34(56)35(57)39(66-27)67-36-26(17-46)65-38(30(33(36)55)43-20(2)48)62-14-6-5-8-22(49)7-3-4-9-28(52)64-23-12-10-21(11-13-23)44(60)61/h10-13,24-27,29-39,45-46,50-51,53-57H,3-9,14-18H2,1-2H3,(H,42,47)(H,43,48)(H,58,59)/t24-,25?,26?,27?,29-,30?,31?,32+,33-,34+,35?,36-,37?,38-,39+,41-/m1/s1. The molecular formula is C41H61N3O24. The number of rotatable bonds is 25. The Morgan fingerprint density at radius 2 is 1.43 bits per heavy atom. The number of carbonyl (C=O) groups is 5. The van der Waals surface area contributed by atoms with Crippen molar-refractivity contribution >= 4 is 35.2 Å². The molecule has 3 aliphatic heterocycles. The Kier molecular flexibility index (Phi) is 21.4. The van der Waals surface area contributed by atoms with Crippen LogP contribution in [0.4, 0.5) is 5.69 Å². The van der Waals surface area contributed by atoms with Gasteiger partial charge in [0, 0.05) is 58.3 Å². The summed E-state index contributed by atoms with van der Waals surface area (Å²) < 4.78 is 39.4. The molecule has 2 amide bonds. The van der Waals surface area contributed by atoms with Crippen LogP contribution in [0.5, 0.6) is 5.75 Å². The minimum atomic E-state index is -2.89. The summed E-state index contributed by atoms with van der Waals surface area (Å²) in [6, 6.07) is 2.11. The van der Waals surface area contributed by atoms with Crippen molar-refractivity contribution in [1.29, 1.82) is 0 Å². The zero-order chi connectivity index (χ0) is 50.5. The molecule has 12 N–H and O–H groups in total. The van der Waals surface area contributed by atoms with Gasteiger partial charge in [-0.15, -0.1) is 0 Å². The quantitative estimate of drug-likeness (QED) is 0.0145. The summed E-state index contributed by atoms with van der Waals surface area (Å²) in [6.45, 7) is -0.782. The number of hydrogen-bond donors (Lipinski definition) is 12. The SMILES string of the molecule is CC(=O)NC1[C@H](OCCCCC(=O)CCCCC(=O)Oc2ccc([N+](=O)[O-])cc2)OC(CO)[C@@H](O[C@@H]2OC(CO[C@]3(C(=O)O)C[C@@H](O)[C@@H](NC(C)=O)C(C(O)C(O)CO)O3)[C@H](O)[C@H](O)C2O)[C@@H]1O. The maximum Gasteiger partial charge on any atom is 0.364 e. The average Bonchev–Trinajstić information content (AvgIpc) is 3.29. The first-order valence-electron chi connectivity index (χ1n) is 21.7. The maximum absolute atomic E-state index is 12.6. The van der Waals surface area contributed by atoms with Gasteiger partial charge in [-0.2, -0.15) is 0 Å². The van der Waals surface area contributed by atoms with Crippen LogP contribution in [0.1, 0.15) is 65.2 Å². The van der Waals surface area contributed by atoms with E-state index < -0.39 is 153 Å². The molecule has 3 fully saturated rings. The number of aliphatic hydroxyl groups is 9. The Labute approximate surface area is 387 Å². The molecule has 3 saturated heterocycles. The minimum Gasteiger partial charge on any atom is -0.477 e. The highest BCUT2D eigenvalue weighted by Crippen LogP contribution is 2.36. The summed E-state index contributed by atoms with van der Waals surface area (Å²) in [4.78, 5) is 71.5. The van der Waals surface area contributed by atoms with E-state index in [1.165, 1.54) is 24.3 Å². The lowest BCUT2D eigenvalue weighted by Crippen LogP contribution is -2.69. The molecule has 384 valence electrons. The van der Waals surface area contributed by atoms with Crippen molar-refractivity contribution in [3.05, 3.63) is 34.4 Å². The predicted octanol–water partition coefficient (Wildman–Crippen LogP) is -4.24. The second kappa shape index (κ2) is 26.0. The zero-order valence-electron chi connectivity index (χ0n) is 37.1. The molecule has 3 aliphatic rings. The number of nitro benzene ring substituents is 1. The number of aliphatic carboxylic acids is 1. The van der Waals surface area contributed by atoms with Gasteiger partial charge in [0.2, 0.25) is 11.8 Å². The van der Waals surface area contributed by atoms with Gasteiger partial charge in [-0.1, -0.05) is 0 Å². The third kappa shape index (κ3) is 15.0. The number of carbonyl (C=O) groups excluding carboxylic acids is 4. The molecular weight excluding hydrogens is 918 g/mol. The fourth-order valence-corrected chi connectivity index (χ4v) is 7.74. The summed E-state index contributed by atoms with van der Waals surface area (Å²) in [6.07, 6.45) is -23.1. The van der Waals surface area contributed by atoms with Crippen molar-refractivity contribution in [2.45, 2.75) is 163 Å². The van der Waals surface area contributed by atoms with Crippen LogP contribution < -0.4 is 15.4 Å². The number of Topliss-reactive ketones (excluding diaryl/α,β-unsaturated/α-hetero) is 1. The van der Waals surface area contributed by atoms with E-state index in [9.17, 15) is 85.2 Å². The summed E-state index contributed by atoms with van der Waals surface area (Å²) in [7, 11) is 0. The van der Waals surface area contributed by atoms with Crippen molar-refractivity contribution in [3.8, 4) is 5.75 Å². The molecule has 16 atom stereocenters. The van der Waals surface area contributed by atoms with E-state index in [1.54, 1.807) is 0 Å². The van der Waals surface area contributed by atoms with Crippen LogP contribution in [-0.4, -0.2) is 210 Å². The number of non-ortho nitro benzene ring substituents is 1. The lowest BCUT2D eigenvalue weighted by molar-refractivity contribution is -0.384. The topological polar surface area (TPSA) is 419 Å². The molecule has 3 heterocycles. The van der Waals surface area contributed by atoms with E-state index in [2.05, 4.69) is 10.6 Å². The summed E-state index contributed by atoms with van der Waals surface area (Å²) in [5.74, 6) is -6.68. The highest BCUT2D eigenvalue weighted by molar-refractivity contribution is 5.78. The first-order chi connectivity index (χ1) is 32.1. The van der Waals surface area contributed by atoms with E-state index in [-0.39, 0.29) is 43.1 Å². The maximum atomic E-state index is 12.6. The van der Waals surface area contributed by atoms with Crippen LogP contribution in [0, 0.1) is 10.1 Å². The smallest absolute Gasteiger partial charge is 0.364 e. The van der Waals surface area contributed by atoms with Crippen molar-refractivity contribution in [1.82, 2.24) is 10.6 Å². The number of nitro groups is 1. The van der Waals surface area contributed by atoms with Gasteiger partial charge in [0.05, 0.1) is 36.9 Å². The van der Waals surface area contributed by atoms with Gasteiger partial charge in [0.25, 0.3) is 11.5 Å².